The molecule has 1 aromatic carbocycles. The zero-order valence-electron chi connectivity index (χ0n) is 11.0. The maximum Gasteiger partial charge on any atom is 0.145 e. The summed E-state index contributed by atoms with van der Waals surface area (Å²) in [6, 6.07) is 6.45. The van der Waals surface area contributed by atoms with Crippen molar-refractivity contribution in [2.45, 2.75) is 39.0 Å². The first kappa shape index (κ1) is 12.3. The Morgan fingerprint density at radius 3 is 2.41 bits per heavy atom. The highest BCUT2D eigenvalue weighted by Gasteiger charge is 2.45. The van der Waals surface area contributed by atoms with Gasteiger partial charge in [0.05, 0.1) is 13.2 Å². The summed E-state index contributed by atoms with van der Waals surface area (Å²) in [7, 11) is 0. The molecule has 0 radical (unpaired) electrons. The van der Waals surface area contributed by atoms with Crippen LogP contribution in [0.25, 0.3) is 0 Å². The number of ether oxygens (including phenoxy) is 1. The zero-order valence-corrected chi connectivity index (χ0v) is 11.0. The average Bonchev–Trinajstić information content (AvgIpc) is 2.18. The second-order valence-electron chi connectivity index (χ2n) is 5.36. The number of carbonyl (C=O) groups excluding carboxylic acids is 1. The third kappa shape index (κ3) is 1.91. The van der Waals surface area contributed by atoms with Gasteiger partial charge in [0.2, 0.25) is 0 Å². The maximum atomic E-state index is 11.9. The van der Waals surface area contributed by atoms with Crippen LogP contribution in [-0.4, -0.2) is 19.0 Å². The fourth-order valence-electron chi connectivity index (χ4n) is 2.37. The van der Waals surface area contributed by atoms with Crippen molar-refractivity contribution in [2.75, 3.05) is 13.2 Å². The molecule has 1 aliphatic rings. The predicted molar refractivity (Wildman–Crippen MR) is 68.4 cm³/mol. The number of aryl methyl sites for hydroxylation is 1. The lowest BCUT2D eigenvalue weighted by Crippen LogP contribution is -2.52. The van der Waals surface area contributed by atoms with E-state index in [-0.39, 0.29) is 11.2 Å². The summed E-state index contributed by atoms with van der Waals surface area (Å²) in [5.74, 6) is 0.701. The van der Waals surface area contributed by atoms with Crippen LogP contribution in [0.5, 0.6) is 0 Å². The number of ketones is 1. The summed E-state index contributed by atoms with van der Waals surface area (Å²) in [6.45, 7) is 9.15. The van der Waals surface area contributed by atoms with Crippen LogP contribution >= 0.6 is 0 Å². The Kier molecular flexibility index (Phi) is 3.09. The summed E-state index contributed by atoms with van der Waals surface area (Å²) >= 11 is 0. The van der Waals surface area contributed by atoms with Crippen LogP contribution in [0.2, 0.25) is 0 Å². The molecule has 1 fully saturated rings. The van der Waals surface area contributed by atoms with E-state index in [0.717, 1.165) is 5.56 Å². The molecule has 2 rings (SSSR count). The Morgan fingerprint density at radius 1 is 1.35 bits per heavy atom. The molecule has 0 saturated carbocycles. The van der Waals surface area contributed by atoms with Crippen molar-refractivity contribution in [3.8, 4) is 0 Å². The number of benzene rings is 1. The molecule has 0 atom stereocenters. The second kappa shape index (κ2) is 4.26. The maximum absolute atomic E-state index is 11.9. The number of Topliss-reactive ketones (excluding diaryl/α,β-unsaturated/α-hetero) is 1. The average molecular weight is 232 g/mol. The van der Waals surface area contributed by atoms with Gasteiger partial charge in [0, 0.05) is 0 Å². The van der Waals surface area contributed by atoms with Crippen molar-refractivity contribution in [3.05, 3.63) is 34.9 Å². The van der Waals surface area contributed by atoms with Crippen molar-refractivity contribution < 1.29 is 9.53 Å². The molecule has 17 heavy (non-hydrogen) atoms. The number of rotatable bonds is 3. The third-order valence-electron chi connectivity index (χ3n) is 3.81. The second-order valence-corrected chi connectivity index (χ2v) is 5.36. The highest BCUT2D eigenvalue weighted by atomic mass is 16.5. The van der Waals surface area contributed by atoms with Gasteiger partial charge < -0.3 is 4.74 Å². The van der Waals surface area contributed by atoms with E-state index in [0.29, 0.717) is 19.1 Å². The van der Waals surface area contributed by atoms with Crippen molar-refractivity contribution in [3.63, 3.8) is 0 Å². The minimum Gasteiger partial charge on any atom is -0.378 e. The van der Waals surface area contributed by atoms with Gasteiger partial charge in [-0.1, -0.05) is 32.0 Å². The lowest BCUT2D eigenvalue weighted by atomic mass is 9.73. The first-order valence-corrected chi connectivity index (χ1v) is 6.17. The quantitative estimate of drug-likeness (QED) is 0.801. The minimum absolute atomic E-state index is 0.216. The van der Waals surface area contributed by atoms with E-state index in [1.165, 1.54) is 11.1 Å². The predicted octanol–water partition coefficient (Wildman–Crippen LogP) is 2.98. The molecule has 0 bridgehead atoms. The molecule has 0 aromatic heterocycles. The van der Waals surface area contributed by atoms with Crippen LogP contribution in [0.1, 0.15) is 43.4 Å². The van der Waals surface area contributed by atoms with E-state index in [2.05, 4.69) is 39.0 Å². The Labute approximate surface area is 103 Å². The molecule has 1 saturated heterocycles. The normalized spacial score (nSPS) is 17.9. The van der Waals surface area contributed by atoms with Gasteiger partial charge in [-0.25, -0.2) is 0 Å². The first-order valence-electron chi connectivity index (χ1n) is 6.17. The van der Waals surface area contributed by atoms with Crippen LogP contribution in [0, 0.1) is 6.92 Å². The van der Waals surface area contributed by atoms with E-state index in [4.69, 9.17) is 4.74 Å². The molecule has 1 aromatic rings. The summed E-state index contributed by atoms with van der Waals surface area (Å²) in [5.41, 5.74) is 3.25. The monoisotopic (exact) mass is 232 g/mol. The van der Waals surface area contributed by atoms with E-state index < -0.39 is 0 Å². The van der Waals surface area contributed by atoms with Crippen LogP contribution in [0.3, 0.4) is 0 Å². The van der Waals surface area contributed by atoms with Gasteiger partial charge in [-0.2, -0.15) is 0 Å². The molecule has 1 aliphatic heterocycles. The highest BCUT2D eigenvalue weighted by Crippen LogP contribution is 2.36. The summed E-state index contributed by atoms with van der Waals surface area (Å²) in [5, 5.41) is 0. The molecule has 0 unspecified atom stereocenters. The van der Waals surface area contributed by atoms with Crippen molar-refractivity contribution in [1.29, 1.82) is 0 Å². The van der Waals surface area contributed by atoms with Crippen molar-refractivity contribution in [1.82, 2.24) is 0 Å². The third-order valence-corrected chi connectivity index (χ3v) is 3.81. The first-order chi connectivity index (χ1) is 7.97. The van der Waals surface area contributed by atoms with E-state index in [1.807, 2.05) is 0 Å². The fraction of sp³-hybridized carbons (Fsp3) is 0.533. The molecule has 0 spiro atoms. The Hall–Kier alpha value is -1.15. The minimum atomic E-state index is -0.380. The molecular formula is C15H20O2. The molecule has 0 N–H and O–H groups in total. The topological polar surface area (TPSA) is 26.3 Å². The van der Waals surface area contributed by atoms with Gasteiger partial charge in [0.25, 0.3) is 0 Å². The molecule has 92 valence electrons. The number of hydrogen-bond donors (Lipinski definition) is 0. The smallest absolute Gasteiger partial charge is 0.145 e. The van der Waals surface area contributed by atoms with Gasteiger partial charge in [0.15, 0.2) is 0 Å². The molecule has 1 heterocycles. The van der Waals surface area contributed by atoms with Crippen LogP contribution in [-0.2, 0) is 14.9 Å². The summed E-state index contributed by atoms with van der Waals surface area (Å²) in [6.07, 6.45) is 0. The van der Waals surface area contributed by atoms with Crippen LogP contribution in [0.15, 0.2) is 18.2 Å². The van der Waals surface area contributed by atoms with Crippen molar-refractivity contribution >= 4 is 5.78 Å². The summed E-state index contributed by atoms with van der Waals surface area (Å²) in [4.78, 5) is 11.9. The molecule has 2 nitrogen and oxygen atoms in total. The standard InChI is InChI=1S/C15H20O2/c1-10(2)13-6-5-11(3)14(7-13)15(12(4)16)8-17-9-15/h5-7,10H,8-9H2,1-4H3. The summed E-state index contributed by atoms with van der Waals surface area (Å²) < 4.78 is 5.29. The van der Waals surface area contributed by atoms with Crippen LogP contribution < -0.4 is 0 Å². The van der Waals surface area contributed by atoms with Crippen LogP contribution in [0.4, 0.5) is 0 Å². The molecule has 2 heteroatoms. The van der Waals surface area contributed by atoms with Gasteiger partial charge in [-0.3, -0.25) is 4.79 Å². The van der Waals surface area contributed by atoms with Gasteiger partial charge in [-0.05, 0) is 36.5 Å². The van der Waals surface area contributed by atoms with E-state index in [9.17, 15) is 4.79 Å². The SMILES string of the molecule is CC(=O)C1(c2cc(C(C)C)ccc2C)COC1. The number of hydrogen-bond acceptors (Lipinski definition) is 2. The van der Waals surface area contributed by atoms with E-state index in [1.54, 1.807) is 6.92 Å². The van der Waals surface area contributed by atoms with Gasteiger partial charge >= 0.3 is 0 Å². The molecule has 0 amide bonds. The molecular weight excluding hydrogens is 212 g/mol. The fourth-order valence-corrected chi connectivity index (χ4v) is 2.37. The lowest BCUT2D eigenvalue weighted by molar-refractivity contribution is -0.140. The zero-order chi connectivity index (χ0) is 12.6. The lowest BCUT2D eigenvalue weighted by Gasteiger charge is -2.41. The van der Waals surface area contributed by atoms with Gasteiger partial charge in [0.1, 0.15) is 11.2 Å². The van der Waals surface area contributed by atoms with Gasteiger partial charge in [-0.15, -0.1) is 0 Å². The Balaban J connectivity index is 2.50. The Morgan fingerprint density at radius 2 is 2.00 bits per heavy atom. The highest BCUT2D eigenvalue weighted by molar-refractivity contribution is 5.89. The molecule has 0 aliphatic carbocycles. The largest absolute Gasteiger partial charge is 0.378 e. The van der Waals surface area contributed by atoms with Crippen molar-refractivity contribution in [2.24, 2.45) is 0 Å². The Bertz CT molecular complexity index is 442. The van der Waals surface area contributed by atoms with E-state index >= 15 is 0 Å². The number of carbonyl (C=O) groups is 1.